The number of halogens is 4. The van der Waals surface area contributed by atoms with Gasteiger partial charge in [0.2, 0.25) is 0 Å². The smallest absolute Gasteiger partial charge is 0.377 e. The van der Waals surface area contributed by atoms with Gasteiger partial charge in [-0.1, -0.05) is 6.58 Å². The van der Waals surface area contributed by atoms with Crippen molar-refractivity contribution in [2.45, 2.75) is 69.8 Å². The van der Waals surface area contributed by atoms with Gasteiger partial charge in [-0.25, -0.2) is 9.59 Å². The van der Waals surface area contributed by atoms with E-state index in [0.29, 0.717) is 25.7 Å². The van der Waals surface area contributed by atoms with Gasteiger partial charge in [-0.2, -0.15) is 17.6 Å². The lowest BCUT2D eigenvalue weighted by Gasteiger charge is -2.22. The maximum Gasteiger partial charge on any atom is 0.377 e. The van der Waals surface area contributed by atoms with E-state index in [2.05, 4.69) is 16.1 Å². The van der Waals surface area contributed by atoms with Crippen molar-refractivity contribution < 1.29 is 41.4 Å². The molecule has 1 aliphatic rings. The van der Waals surface area contributed by atoms with E-state index in [0.717, 1.165) is 0 Å². The van der Waals surface area contributed by atoms with Crippen LogP contribution in [-0.4, -0.2) is 42.3 Å². The van der Waals surface area contributed by atoms with E-state index in [1.54, 1.807) is 0 Å². The lowest BCUT2D eigenvalue weighted by Crippen LogP contribution is -2.43. The Morgan fingerprint density at radius 2 is 1.58 bits per heavy atom. The zero-order valence-electron chi connectivity index (χ0n) is 14.5. The summed E-state index contributed by atoms with van der Waals surface area (Å²) < 4.78 is 63.5. The van der Waals surface area contributed by atoms with Gasteiger partial charge in [-0.15, -0.1) is 0 Å². The Kier molecular flexibility index (Phi) is 7.77. The van der Waals surface area contributed by atoms with Crippen LogP contribution in [0.2, 0.25) is 0 Å². The van der Waals surface area contributed by atoms with Crippen LogP contribution in [0.15, 0.2) is 12.2 Å². The molecule has 1 saturated carbocycles. The molecule has 0 aromatic heterocycles. The molecular weight excluding hydrogens is 360 g/mol. The fraction of sp³-hybridized carbons (Fsp3) is 0.706. The van der Waals surface area contributed by atoms with Gasteiger partial charge >= 0.3 is 23.8 Å². The normalized spacial score (nSPS) is 15.6. The lowest BCUT2D eigenvalue weighted by atomic mass is 10.1. The first-order chi connectivity index (χ1) is 12.0. The largest absolute Gasteiger partial charge is 0.461 e. The van der Waals surface area contributed by atoms with E-state index in [9.17, 15) is 31.9 Å². The van der Waals surface area contributed by atoms with Gasteiger partial charge in [0, 0.05) is 6.42 Å². The van der Waals surface area contributed by atoms with Crippen LogP contribution < -0.4 is 0 Å². The lowest BCUT2D eigenvalue weighted by molar-refractivity contribution is -0.199. The van der Waals surface area contributed by atoms with Crippen LogP contribution >= 0.6 is 0 Å². The van der Waals surface area contributed by atoms with Crippen molar-refractivity contribution in [2.75, 3.05) is 6.61 Å². The Hall–Kier alpha value is -1.93. The van der Waals surface area contributed by atoms with Gasteiger partial charge in [-0.05, 0) is 44.6 Å². The summed E-state index contributed by atoms with van der Waals surface area (Å²) in [6, 6.07) is 0. The number of esters is 2. The zero-order chi connectivity index (χ0) is 20.0. The number of ether oxygens (including phenoxy) is 2. The van der Waals surface area contributed by atoms with Crippen molar-refractivity contribution in [1.82, 2.24) is 0 Å². The summed E-state index contributed by atoms with van der Waals surface area (Å²) in [5, 5.41) is 0. The molecule has 1 rings (SSSR count). The molecule has 26 heavy (non-hydrogen) atoms. The Balaban J connectivity index is 2.48. The third-order valence-electron chi connectivity index (χ3n) is 3.87. The van der Waals surface area contributed by atoms with Crippen LogP contribution in [0.25, 0.3) is 0 Å². The molecule has 1 fully saturated rings. The average molecular weight is 382 g/mol. The monoisotopic (exact) mass is 382 g/mol. The molecule has 148 valence electrons. The van der Waals surface area contributed by atoms with Gasteiger partial charge in [0.1, 0.15) is 6.10 Å². The number of carbonyl (C=O) groups excluding carboxylic acids is 3. The standard InChI is InChI=1S/C17H22F4O5/c1-11(2)13(22)8-5-9-25-14(23)16(18,19)10-17(20,21)15(24)26-12-6-3-4-7-12/h12H,1,3-10H2,2H3. The minimum absolute atomic E-state index is 0.0480. The van der Waals surface area contributed by atoms with E-state index < -0.39 is 42.9 Å². The first-order valence-corrected chi connectivity index (χ1v) is 8.28. The van der Waals surface area contributed by atoms with Gasteiger partial charge in [0.05, 0.1) is 13.0 Å². The fourth-order valence-corrected chi connectivity index (χ4v) is 2.38. The first-order valence-electron chi connectivity index (χ1n) is 8.28. The highest BCUT2D eigenvalue weighted by atomic mass is 19.3. The highest BCUT2D eigenvalue weighted by Crippen LogP contribution is 2.34. The van der Waals surface area contributed by atoms with Crippen LogP contribution in [-0.2, 0) is 23.9 Å². The molecule has 0 aromatic carbocycles. The van der Waals surface area contributed by atoms with Crippen LogP contribution in [0.3, 0.4) is 0 Å². The molecule has 9 heteroatoms. The van der Waals surface area contributed by atoms with Crippen LogP contribution in [0.5, 0.6) is 0 Å². The molecule has 0 aliphatic heterocycles. The second kappa shape index (κ2) is 9.14. The number of hydrogen-bond acceptors (Lipinski definition) is 5. The van der Waals surface area contributed by atoms with Gasteiger partial charge in [0.15, 0.2) is 5.78 Å². The summed E-state index contributed by atoms with van der Waals surface area (Å²) in [4.78, 5) is 34.0. The Bertz CT molecular complexity index is 553. The highest BCUT2D eigenvalue weighted by Gasteiger charge is 2.55. The van der Waals surface area contributed by atoms with E-state index in [4.69, 9.17) is 0 Å². The molecule has 0 N–H and O–H groups in total. The molecule has 0 spiro atoms. The van der Waals surface area contributed by atoms with Crippen molar-refractivity contribution >= 4 is 17.7 Å². The second-order valence-electron chi connectivity index (χ2n) is 6.34. The van der Waals surface area contributed by atoms with E-state index in [1.807, 2.05) is 0 Å². The predicted molar refractivity (Wildman–Crippen MR) is 82.9 cm³/mol. The SMILES string of the molecule is C=C(C)C(=O)CCCOC(=O)C(F)(F)CC(F)(F)C(=O)OC1CCCC1. The minimum atomic E-state index is -4.56. The van der Waals surface area contributed by atoms with E-state index in [-0.39, 0.29) is 24.2 Å². The Labute approximate surface area is 148 Å². The van der Waals surface area contributed by atoms with E-state index >= 15 is 0 Å². The number of hydrogen-bond donors (Lipinski definition) is 0. The quantitative estimate of drug-likeness (QED) is 0.250. The summed E-state index contributed by atoms with van der Waals surface area (Å²) in [6.45, 7) is 4.33. The second-order valence-corrected chi connectivity index (χ2v) is 6.34. The summed E-state index contributed by atoms with van der Waals surface area (Å²) in [5.41, 5.74) is 0.266. The minimum Gasteiger partial charge on any atom is -0.461 e. The van der Waals surface area contributed by atoms with Crippen molar-refractivity contribution in [3.8, 4) is 0 Å². The van der Waals surface area contributed by atoms with Gasteiger partial charge in [0.25, 0.3) is 0 Å². The molecule has 0 radical (unpaired) electrons. The van der Waals surface area contributed by atoms with Gasteiger partial charge in [-0.3, -0.25) is 4.79 Å². The number of ketones is 1. The molecule has 0 unspecified atom stereocenters. The molecular formula is C17H22F4O5. The van der Waals surface area contributed by atoms with Crippen molar-refractivity contribution in [1.29, 1.82) is 0 Å². The van der Waals surface area contributed by atoms with Gasteiger partial charge < -0.3 is 9.47 Å². The average Bonchev–Trinajstić information content (AvgIpc) is 3.02. The number of rotatable bonds is 10. The molecule has 0 amide bonds. The molecule has 0 heterocycles. The highest BCUT2D eigenvalue weighted by molar-refractivity contribution is 5.94. The van der Waals surface area contributed by atoms with Crippen LogP contribution in [0, 0.1) is 0 Å². The number of Topliss-reactive ketones (excluding diaryl/α,β-unsaturated/α-hetero) is 1. The van der Waals surface area contributed by atoms with Crippen molar-refractivity contribution in [3.63, 3.8) is 0 Å². The summed E-state index contributed by atoms with van der Waals surface area (Å²) in [7, 11) is 0. The first kappa shape index (κ1) is 22.1. The maximum atomic E-state index is 13.7. The molecule has 5 nitrogen and oxygen atoms in total. The molecule has 0 aromatic rings. The topological polar surface area (TPSA) is 69.7 Å². The predicted octanol–water partition coefficient (Wildman–Crippen LogP) is 3.60. The summed E-state index contributed by atoms with van der Waals surface area (Å²) >= 11 is 0. The third-order valence-corrected chi connectivity index (χ3v) is 3.87. The van der Waals surface area contributed by atoms with Crippen LogP contribution in [0.1, 0.15) is 51.9 Å². The van der Waals surface area contributed by atoms with Crippen molar-refractivity contribution in [2.24, 2.45) is 0 Å². The van der Waals surface area contributed by atoms with Crippen molar-refractivity contribution in [3.05, 3.63) is 12.2 Å². The fourth-order valence-electron chi connectivity index (χ4n) is 2.38. The Morgan fingerprint density at radius 1 is 1.04 bits per heavy atom. The number of alkyl halides is 4. The summed E-state index contributed by atoms with van der Waals surface area (Å²) in [5.74, 6) is -13.6. The number of allylic oxidation sites excluding steroid dienone is 1. The molecule has 0 bridgehead atoms. The maximum absolute atomic E-state index is 13.7. The molecule has 1 aliphatic carbocycles. The molecule has 0 atom stereocenters. The number of carbonyl (C=O) groups is 3. The molecule has 0 saturated heterocycles. The van der Waals surface area contributed by atoms with Crippen LogP contribution in [0.4, 0.5) is 17.6 Å². The zero-order valence-corrected chi connectivity index (χ0v) is 14.5. The van der Waals surface area contributed by atoms with E-state index in [1.165, 1.54) is 6.92 Å². The Morgan fingerprint density at radius 3 is 2.12 bits per heavy atom. The summed E-state index contributed by atoms with van der Waals surface area (Å²) in [6.07, 6.45) is -0.924. The third kappa shape index (κ3) is 6.76.